The molecule has 0 spiro atoms. The summed E-state index contributed by atoms with van der Waals surface area (Å²) in [6, 6.07) is 14.3. The summed E-state index contributed by atoms with van der Waals surface area (Å²) >= 11 is 0. The third kappa shape index (κ3) is 8.11. The second-order valence-electron chi connectivity index (χ2n) is 9.40. The van der Waals surface area contributed by atoms with Crippen LogP contribution in [0.2, 0.25) is 0 Å². The van der Waals surface area contributed by atoms with Crippen LogP contribution in [0.4, 0.5) is 0 Å². The summed E-state index contributed by atoms with van der Waals surface area (Å²) in [5, 5.41) is 3.10. The molecule has 0 saturated carbocycles. The number of aryl methyl sites for hydroxylation is 2. The Balaban J connectivity index is 1.51. The highest BCUT2D eigenvalue weighted by Gasteiger charge is 2.13. The third-order valence-corrected chi connectivity index (χ3v) is 6.80. The largest absolute Gasteiger partial charge is 0.493 e. The lowest BCUT2D eigenvalue weighted by Gasteiger charge is -2.13. The Morgan fingerprint density at radius 1 is 1.05 bits per heavy atom. The maximum Gasteiger partial charge on any atom is 0.223 e. The number of nitrogens with one attached hydrogen (secondary N) is 1. The molecule has 0 atom stereocenters. The first-order valence-corrected chi connectivity index (χ1v) is 13.8. The SMILES string of the molecule is C/C=C/c1ccc(OCCCn2c(CCCCCNC(=O)C(CC)CC)nc3ccccc32)c(OC)c1. The molecule has 0 radical (unpaired) electrons. The Hall–Kier alpha value is -3.28. The van der Waals surface area contributed by atoms with Crippen LogP contribution in [0, 0.1) is 5.92 Å². The highest BCUT2D eigenvalue weighted by atomic mass is 16.5. The van der Waals surface area contributed by atoms with Crippen molar-refractivity contribution < 1.29 is 14.3 Å². The first-order valence-electron chi connectivity index (χ1n) is 13.8. The average molecular weight is 506 g/mol. The van der Waals surface area contributed by atoms with Crippen molar-refractivity contribution in [1.82, 2.24) is 14.9 Å². The molecule has 0 aliphatic heterocycles. The van der Waals surface area contributed by atoms with Crippen LogP contribution in [0.15, 0.2) is 48.5 Å². The number of rotatable bonds is 16. The fourth-order valence-corrected chi connectivity index (χ4v) is 4.67. The molecule has 200 valence electrons. The van der Waals surface area contributed by atoms with Gasteiger partial charge in [0, 0.05) is 25.4 Å². The second-order valence-corrected chi connectivity index (χ2v) is 9.40. The molecule has 1 heterocycles. The number of carbonyl (C=O) groups excluding carboxylic acids is 1. The van der Waals surface area contributed by atoms with Crippen LogP contribution in [0.25, 0.3) is 17.1 Å². The molecule has 0 saturated heterocycles. The monoisotopic (exact) mass is 505 g/mol. The first kappa shape index (κ1) is 28.3. The van der Waals surface area contributed by atoms with E-state index in [0.29, 0.717) is 6.61 Å². The molecule has 1 aromatic heterocycles. The quantitative estimate of drug-likeness (QED) is 0.217. The molecule has 2 aromatic carbocycles. The Bertz CT molecular complexity index is 1150. The topological polar surface area (TPSA) is 65.4 Å². The first-order chi connectivity index (χ1) is 18.1. The summed E-state index contributed by atoms with van der Waals surface area (Å²) in [6.45, 7) is 8.35. The molecule has 6 nitrogen and oxygen atoms in total. The number of methoxy groups -OCH3 is 1. The molecule has 0 unspecified atom stereocenters. The van der Waals surface area contributed by atoms with Crippen LogP contribution < -0.4 is 14.8 Å². The third-order valence-electron chi connectivity index (χ3n) is 6.80. The van der Waals surface area contributed by atoms with Gasteiger partial charge in [0.05, 0.1) is 24.8 Å². The van der Waals surface area contributed by atoms with Gasteiger partial charge in [-0.15, -0.1) is 0 Å². The van der Waals surface area contributed by atoms with Crippen molar-refractivity contribution >= 4 is 23.0 Å². The van der Waals surface area contributed by atoms with E-state index in [-0.39, 0.29) is 11.8 Å². The summed E-state index contributed by atoms with van der Waals surface area (Å²) in [6.07, 6.45) is 10.8. The number of carbonyl (C=O) groups is 1. The summed E-state index contributed by atoms with van der Waals surface area (Å²) in [5.41, 5.74) is 3.30. The van der Waals surface area contributed by atoms with E-state index in [2.05, 4.69) is 41.9 Å². The smallest absolute Gasteiger partial charge is 0.223 e. The lowest BCUT2D eigenvalue weighted by molar-refractivity contribution is -0.125. The zero-order chi connectivity index (χ0) is 26.5. The van der Waals surface area contributed by atoms with Crippen LogP contribution in [0.5, 0.6) is 11.5 Å². The van der Waals surface area contributed by atoms with Crippen LogP contribution in [0.3, 0.4) is 0 Å². The number of allylic oxidation sites excluding steroid dienone is 1. The minimum atomic E-state index is 0.141. The molecule has 0 bridgehead atoms. The molecule has 6 heteroatoms. The standard InChI is InChI=1S/C31H43N3O3/c1-5-14-24-18-19-28(29(23-24)36-4)37-22-13-21-34-27-16-11-10-15-26(27)33-30(34)17-9-8-12-20-32-31(35)25(6-2)7-3/h5,10-11,14-16,18-19,23,25H,6-9,12-13,17,20-22H2,1-4H3,(H,32,35)/b14-5+. The molecule has 3 rings (SSSR count). The summed E-state index contributed by atoms with van der Waals surface area (Å²) in [4.78, 5) is 17.1. The van der Waals surface area contributed by atoms with Crippen molar-refractivity contribution in [2.24, 2.45) is 5.92 Å². The minimum absolute atomic E-state index is 0.141. The van der Waals surface area contributed by atoms with Crippen molar-refractivity contribution in [2.75, 3.05) is 20.3 Å². The molecule has 0 aliphatic carbocycles. The van der Waals surface area contributed by atoms with Crippen LogP contribution >= 0.6 is 0 Å². The Morgan fingerprint density at radius 3 is 2.62 bits per heavy atom. The highest BCUT2D eigenvalue weighted by molar-refractivity contribution is 5.78. The number of para-hydroxylation sites is 2. The van der Waals surface area contributed by atoms with E-state index in [1.807, 2.05) is 43.3 Å². The van der Waals surface area contributed by atoms with Gasteiger partial charge in [0.2, 0.25) is 5.91 Å². The highest BCUT2D eigenvalue weighted by Crippen LogP contribution is 2.29. The minimum Gasteiger partial charge on any atom is -0.493 e. The predicted molar refractivity (Wildman–Crippen MR) is 152 cm³/mol. The van der Waals surface area contributed by atoms with E-state index in [1.165, 1.54) is 5.52 Å². The molecule has 1 N–H and O–H groups in total. The van der Waals surface area contributed by atoms with Crippen molar-refractivity contribution in [1.29, 1.82) is 0 Å². The Morgan fingerprint density at radius 2 is 1.86 bits per heavy atom. The lowest BCUT2D eigenvalue weighted by atomic mass is 10.0. The van der Waals surface area contributed by atoms with Gasteiger partial charge in [-0.3, -0.25) is 4.79 Å². The van der Waals surface area contributed by atoms with Gasteiger partial charge in [-0.1, -0.05) is 50.6 Å². The van der Waals surface area contributed by atoms with Gasteiger partial charge in [-0.25, -0.2) is 4.98 Å². The van der Waals surface area contributed by atoms with Crippen molar-refractivity contribution in [3.05, 3.63) is 59.9 Å². The van der Waals surface area contributed by atoms with Crippen LogP contribution in [0.1, 0.15) is 70.7 Å². The maximum atomic E-state index is 12.2. The number of hydrogen-bond acceptors (Lipinski definition) is 4. The lowest BCUT2D eigenvalue weighted by Crippen LogP contribution is -2.30. The van der Waals surface area contributed by atoms with Crippen molar-refractivity contribution in [3.63, 3.8) is 0 Å². The van der Waals surface area contributed by atoms with E-state index >= 15 is 0 Å². The number of unbranched alkanes of at least 4 members (excludes halogenated alkanes) is 2. The van der Waals surface area contributed by atoms with Gasteiger partial charge >= 0.3 is 0 Å². The van der Waals surface area contributed by atoms with Crippen molar-refractivity contribution in [2.45, 2.75) is 72.3 Å². The Kier molecular flexibility index (Phi) is 11.5. The molecule has 3 aromatic rings. The molecule has 0 aliphatic rings. The molecular weight excluding hydrogens is 462 g/mol. The molecule has 37 heavy (non-hydrogen) atoms. The van der Waals surface area contributed by atoms with Gasteiger partial charge in [-0.05, 0) is 68.9 Å². The number of imidazole rings is 1. The normalized spacial score (nSPS) is 11.5. The zero-order valence-electron chi connectivity index (χ0n) is 23.0. The van der Waals surface area contributed by atoms with E-state index in [1.54, 1.807) is 7.11 Å². The Labute approximate surface area is 222 Å². The fourth-order valence-electron chi connectivity index (χ4n) is 4.67. The number of benzene rings is 2. The van der Waals surface area contributed by atoms with Crippen LogP contribution in [-0.4, -0.2) is 35.7 Å². The van der Waals surface area contributed by atoms with Crippen molar-refractivity contribution in [3.8, 4) is 11.5 Å². The zero-order valence-corrected chi connectivity index (χ0v) is 23.0. The molecule has 0 fully saturated rings. The predicted octanol–water partition coefficient (Wildman–Crippen LogP) is 6.81. The maximum absolute atomic E-state index is 12.2. The number of aromatic nitrogens is 2. The fraction of sp³-hybridized carbons (Fsp3) is 0.484. The van der Waals surface area contributed by atoms with Gasteiger partial charge < -0.3 is 19.4 Å². The van der Waals surface area contributed by atoms with Gasteiger partial charge in [-0.2, -0.15) is 0 Å². The van der Waals surface area contributed by atoms with Gasteiger partial charge in [0.1, 0.15) is 5.82 Å². The summed E-state index contributed by atoms with van der Waals surface area (Å²) < 4.78 is 13.9. The number of ether oxygens (including phenoxy) is 2. The molecule has 1 amide bonds. The van der Waals surface area contributed by atoms with E-state index in [0.717, 1.165) is 86.4 Å². The van der Waals surface area contributed by atoms with E-state index in [9.17, 15) is 4.79 Å². The summed E-state index contributed by atoms with van der Waals surface area (Å²) in [5.74, 6) is 2.97. The van der Waals surface area contributed by atoms with Gasteiger partial charge in [0.15, 0.2) is 11.5 Å². The van der Waals surface area contributed by atoms with E-state index < -0.39 is 0 Å². The van der Waals surface area contributed by atoms with E-state index in [4.69, 9.17) is 14.5 Å². The second kappa shape index (κ2) is 15.1. The summed E-state index contributed by atoms with van der Waals surface area (Å²) in [7, 11) is 1.67. The number of hydrogen-bond donors (Lipinski definition) is 1. The number of fused-ring (bicyclic) bond motifs is 1. The molecular formula is C31H43N3O3. The average Bonchev–Trinajstić information content (AvgIpc) is 3.27. The number of nitrogens with zero attached hydrogens (tertiary/aromatic N) is 2. The number of amides is 1. The van der Waals surface area contributed by atoms with Crippen LogP contribution in [-0.2, 0) is 17.8 Å². The van der Waals surface area contributed by atoms with Gasteiger partial charge in [0.25, 0.3) is 0 Å².